The van der Waals surface area contributed by atoms with Gasteiger partial charge in [-0.25, -0.2) is 13.4 Å². The van der Waals surface area contributed by atoms with Crippen molar-refractivity contribution in [3.63, 3.8) is 0 Å². The van der Waals surface area contributed by atoms with Gasteiger partial charge in [-0.05, 0) is 54.3 Å². The smallest absolute Gasteiger partial charge is 0.261 e. The number of nitrogens with zero attached hydrogens (tertiary/aromatic N) is 3. The average molecular weight is 482 g/mol. The van der Waals surface area contributed by atoms with E-state index < -0.39 is 9.84 Å². The summed E-state index contributed by atoms with van der Waals surface area (Å²) in [6, 6.07) is 12.3. The number of rotatable bonds is 6. The van der Waals surface area contributed by atoms with Crippen molar-refractivity contribution >= 4 is 58.4 Å². The summed E-state index contributed by atoms with van der Waals surface area (Å²) in [6.45, 7) is 1.08. The number of halogens is 1. The van der Waals surface area contributed by atoms with Gasteiger partial charge >= 0.3 is 0 Å². The highest BCUT2D eigenvalue weighted by atomic mass is 79.9. The first-order valence-corrected chi connectivity index (χ1v) is 12.0. The van der Waals surface area contributed by atoms with Gasteiger partial charge in [-0.2, -0.15) is 0 Å². The van der Waals surface area contributed by atoms with Crippen LogP contribution in [-0.4, -0.2) is 57.6 Å². The van der Waals surface area contributed by atoms with E-state index in [9.17, 15) is 13.2 Å². The summed E-state index contributed by atoms with van der Waals surface area (Å²) in [7, 11) is 0.442. The molecule has 1 heterocycles. The van der Waals surface area contributed by atoms with Crippen LogP contribution in [0.25, 0.3) is 10.2 Å². The van der Waals surface area contributed by atoms with Gasteiger partial charge in [-0.3, -0.25) is 9.69 Å². The molecule has 3 aromatic rings. The summed E-state index contributed by atoms with van der Waals surface area (Å²) < 4.78 is 25.7. The molecule has 0 unspecified atom stereocenters. The molecule has 1 aromatic heterocycles. The zero-order valence-electron chi connectivity index (χ0n) is 15.7. The van der Waals surface area contributed by atoms with Crippen LogP contribution in [0.2, 0.25) is 0 Å². The van der Waals surface area contributed by atoms with Gasteiger partial charge in [0.05, 0.1) is 15.2 Å². The van der Waals surface area contributed by atoms with E-state index in [1.807, 2.05) is 43.3 Å². The van der Waals surface area contributed by atoms with Crippen LogP contribution < -0.4 is 4.90 Å². The Bertz CT molecular complexity index is 1130. The number of hydrogen-bond acceptors (Lipinski definition) is 6. The molecule has 2 aromatic carbocycles. The number of anilines is 1. The molecule has 0 N–H and O–H groups in total. The van der Waals surface area contributed by atoms with Crippen molar-refractivity contribution in [2.24, 2.45) is 0 Å². The van der Waals surface area contributed by atoms with Gasteiger partial charge in [-0.15, -0.1) is 0 Å². The van der Waals surface area contributed by atoms with Crippen LogP contribution in [0.5, 0.6) is 0 Å². The maximum Gasteiger partial charge on any atom is 0.261 e. The molecular formula is C19H20BrN3O3S2. The van der Waals surface area contributed by atoms with Crippen LogP contribution in [0.15, 0.2) is 51.8 Å². The number of carbonyl (C=O) groups excluding carboxylic acids is 1. The number of fused-ring (bicyclic) bond motifs is 1. The lowest BCUT2D eigenvalue weighted by Gasteiger charge is -2.22. The fourth-order valence-electron chi connectivity index (χ4n) is 2.69. The summed E-state index contributed by atoms with van der Waals surface area (Å²) in [5.41, 5.74) is 0.934. The summed E-state index contributed by atoms with van der Waals surface area (Å²) >= 11 is 4.75. The first-order chi connectivity index (χ1) is 13.2. The standard InChI is InChI=1S/C19H20BrN3O3S2/c1-22(2)11-12-23(18(24)13-7-4-5-8-14(13)20)19-21-17-15(27-19)9-6-10-16(17)28(3,25)26/h4-10H,11-12H2,1-3H3. The lowest BCUT2D eigenvalue weighted by Crippen LogP contribution is -2.36. The van der Waals surface area contributed by atoms with Crippen LogP contribution in [0.3, 0.4) is 0 Å². The van der Waals surface area contributed by atoms with Gasteiger partial charge in [0.25, 0.3) is 5.91 Å². The molecule has 0 bridgehead atoms. The number of para-hydroxylation sites is 1. The Kier molecular flexibility index (Phi) is 6.18. The second kappa shape index (κ2) is 8.28. The van der Waals surface area contributed by atoms with E-state index in [0.29, 0.717) is 33.8 Å². The Balaban J connectivity index is 2.11. The average Bonchev–Trinajstić information content (AvgIpc) is 3.04. The number of carbonyl (C=O) groups is 1. The number of sulfone groups is 1. The van der Waals surface area contributed by atoms with Crippen molar-refractivity contribution in [1.82, 2.24) is 9.88 Å². The molecule has 3 rings (SSSR count). The predicted molar refractivity (Wildman–Crippen MR) is 117 cm³/mol. The van der Waals surface area contributed by atoms with E-state index in [-0.39, 0.29) is 10.8 Å². The van der Waals surface area contributed by atoms with E-state index in [1.165, 1.54) is 11.3 Å². The van der Waals surface area contributed by atoms with Gasteiger partial charge in [0.1, 0.15) is 5.52 Å². The molecule has 0 saturated carbocycles. The summed E-state index contributed by atoms with van der Waals surface area (Å²) in [5.74, 6) is -0.186. The summed E-state index contributed by atoms with van der Waals surface area (Å²) in [5, 5.41) is 0.480. The van der Waals surface area contributed by atoms with E-state index in [4.69, 9.17) is 0 Å². The largest absolute Gasteiger partial charge is 0.308 e. The van der Waals surface area contributed by atoms with E-state index in [2.05, 4.69) is 20.9 Å². The molecular weight excluding hydrogens is 462 g/mol. The highest BCUT2D eigenvalue weighted by Crippen LogP contribution is 2.33. The van der Waals surface area contributed by atoms with Crippen LogP contribution in [0.4, 0.5) is 5.13 Å². The maximum atomic E-state index is 13.3. The fourth-order valence-corrected chi connectivity index (χ4v) is 5.06. The summed E-state index contributed by atoms with van der Waals surface area (Å²) in [4.78, 5) is 21.6. The van der Waals surface area contributed by atoms with Gasteiger partial charge in [0.15, 0.2) is 15.0 Å². The highest BCUT2D eigenvalue weighted by Gasteiger charge is 2.24. The molecule has 0 aliphatic heterocycles. The van der Waals surface area contributed by atoms with Crippen molar-refractivity contribution < 1.29 is 13.2 Å². The minimum Gasteiger partial charge on any atom is -0.308 e. The highest BCUT2D eigenvalue weighted by molar-refractivity contribution is 9.10. The molecule has 0 atom stereocenters. The maximum absolute atomic E-state index is 13.3. The lowest BCUT2D eigenvalue weighted by atomic mass is 10.2. The minimum absolute atomic E-state index is 0.174. The molecule has 0 saturated heterocycles. The third-order valence-electron chi connectivity index (χ3n) is 4.12. The molecule has 0 spiro atoms. The van der Waals surface area contributed by atoms with E-state index >= 15 is 0 Å². The van der Waals surface area contributed by atoms with Crippen molar-refractivity contribution in [2.75, 3.05) is 38.3 Å². The van der Waals surface area contributed by atoms with Gasteiger partial charge in [0, 0.05) is 23.8 Å². The second-order valence-corrected chi connectivity index (χ2v) is 10.5. The number of benzene rings is 2. The lowest BCUT2D eigenvalue weighted by molar-refractivity contribution is 0.0984. The number of thiazole rings is 1. The molecule has 28 heavy (non-hydrogen) atoms. The Labute approximate surface area is 176 Å². The Morgan fingerprint density at radius 3 is 2.46 bits per heavy atom. The molecule has 0 aliphatic rings. The van der Waals surface area contributed by atoms with Gasteiger partial charge in [0.2, 0.25) is 0 Å². The van der Waals surface area contributed by atoms with Crippen molar-refractivity contribution in [1.29, 1.82) is 0 Å². The molecule has 6 nitrogen and oxygen atoms in total. The minimum atomic E-state index is -3.42. The van der Waals surface area contributed by atoms with Crippen LogP contribution in [0.1, 0.15) is 10.4 Å². The van der Waals surface area contributed by atoms with Crippen molar-refractivity contribution in [3.05, 3.63) is 52.5 Å². The van der Waals surface area contributed by atoms with Gasteiger partial charge < -0.3 is 4.90 Å². The summed E-state index contributed by atoms with van der Waals surface area (Å²) in [6.07, 6.45) is 1.16. The van der Waals surface area contributed by atoms with Gasteiger partial charge in [-0.1, -0.05) is 29.5 Å². The van der Waals surface area contributed by atoms with E-state index in [0.717, 1.165) is 11.0 Å². The molecule has 0 aliphatic carbocycles. The molecule has 0 radical (unpaired) electrons. The quantitative estimate of drug-likeness (QED) is 0.536. The second-order valence-electron chi connectivity index (χ2n) is 6.61. The number of amides is 1. The SMILES string of the molecule is CN(C)CCN(C(=O)c1ccccc1Br)c1nc2c(S(C)(=O)=O)cccc2s1. The zero-order chi connectivity index (χ0) is 20.5. The van der Waals surface area contributed by atoms with Crippen LogP contribution >= 0.6 is 27.3 Å². The first-order valence-electron chi connectivity index (χ1n) is 8.49. The Morgan fingerprint density at radius 2 is 1.82 bits per heavy atom. The predicted octanol–water partition coefficient (Wildman–Crippen LogP) is 3.67. The zero-order valence-corrected chi connectivity index (χ0v) is 18.9. The normalized spacial score (nSPS) is 11.9. The fraction of sp³-hybridized carbons (Fsp3) is 0.263. The third kappa shape index (κ3) is 4.43. The number of aromatic nitrogens is 1. The monoisotopic (exact) mass is 481 g/mol. The molecule has 148 valence electrons. The third-order valence-corrected chi connectivity index (χ3v) is 6.98. The Hall–Kier alpha value is -1.81. The van der Waals surface area contributed by atoms with Crippen molar-refractivity contribution in [2.45, 2.75) is 4.90 Å². The van der Waals surface area contributed by atoms with E-state index in [1.54, 1.807) is 23.1 Å². The Morgan fingerprint density at radius 1 is 1.11 bits per heavy atom. The number of likely N-dealkylation sites (N-methyl/N-ethyl adjacent to an activating group) is 1. The van der Waals surface area contributed by atoms with Crippen LogP contribution in [-0.2, 0) is 9.84 Å². The molecule has 0 fully saturated rings. The molecule has 9 heteroatoms. The molecule has 1 amide bonds. The topological polar surface area (TPSA) is 70.6 Å². The first kappa shape index (κ1) is 20.9. The van der Waals surface area contributed by atoms with Crippen LogP contribution in [0, 0.1) is 0 Å². The van der Waals surface area contributed by atoms with Crippen molar-refractivity contribution in [3.8, 4) is 0 Å². The number of hydrogen-bond donors (Lipinski definition) is 0.